The highest BCUT2D eigenvalue weighted by Crippen LogP contribution is 2.23. The van der Waals surface area contributed by atoms with Gasteiger partial charge in [0.2, 0.25) is 0 Å². The number of benzene rings is 2. The van der Waals surface area contributed by atoms with Crippen LogP contribution in [-0.2, 0) is 6.42 Å². The second kappa shape index (κ2) is 6.23. The molecule has 0 bridgehead atoms. The summed E-state index contributed by atoms with van der Waals surface area (Å²) in [5.74, 6) is 4.80. The van der Waals surface area contributed by atoms with Crippen LogP contribution in [0.3, 0.4) is 0 Å². The summed E-state index contributed by atoms with van der Waals surface area (Å²) in [5, 5.41) is 0. The Morgan fingerprint density at radius 3 is 2.53 bits per heavy atom. The Balaban J connectivity index is 2.26. The molecule has 2 nitrogen and oxygen atoms in total. The van der Waals surface area contributed by atoms with Crippen molar-refractivity contribution in [1.82, 2.24) is 5.43 Å². The number of halogens is 3. The van der Waals surface area contributed by atoms with Crippen LogP contribution in [0.25, 0.3) is 0 Å². The van der Waals surface area contributed by atoms with Crippen molar-refractivity contribution in [2.45, 2.75) is 12.5 Å². The second-order valence-corrected chi connectivity index (χ2v) is 5.14. The highest BCUT2D eigenvalue weighted by Gasteiger charge is 2.15. The number of hydrazine groups is 1. The first kappa shape index (κ1) is 14.1. The van der Waals surface area contributed by atoms with Gasteiger partial charge in [0.15, 0.2) is 0 Å². The topological polar surface area (TPSA) is 38.0 Å². The normalized spacial score (nSPS) is 12.4. The smallest absolute Gasteiger partial charge is 0.128 e. The molecule has 0 heterocycles. The van der Waals surface area contributed by atoms with Gasteiger partial charge in [-0.2, -0.15) is 0 Å². The van der Waals surface area contributed by atoms with Crippen LogP contribution in [0.5, 0.6) is 0 Å². The van der Waals surface area contributed by atoms with Crippen molar-refractivity contribution in [3.05, 3.63) is 69.7 Å². The molecule has 0 radical (unpaired) electrons. The summed E-state index contributed by atoms with van der Waals surface area (Å²) >= 11 is 3.23. The molecule has 2 rings (SSSR count). The maximum absolute atomic E-state index is 13.7. The lowest BCUT2D eigenvalue weighted by Crippen LogP contribution is -2.30. The van der Waals surface area contributed by atoms with Gasteiger partial charge in [-0.3, -0.25) is 11.3 Å². The van der Waals surface area contributed by atoms with Gasteiger partial charge in [0.1, 0.15) is 11.6 Å². The average molecular weight is 327 g/mol. The maximum atomic E-state index is 13.7. The Hall–Kier alpha value is -1.30. The number of hydrogen-bond donors (Lipinski definition) is 2. The van der Waals surface area contributed by atoms with E-state index in [0.717, 1.165) is 5.56 Å². The molecule has 0 aliphatic carbocycles. The van der Waals surface area contributed by atoms with Gasteiger partial charge in [-0.25, -0.2) is 8.78 Å². The van der Waals surface area contributed by atoms with E-state index in [9.17, 15) is 8.78 Å². The quantitative estimate of drug-likeness (QED) is 0.667. The summed E-state index contributed by atoms with van der Waals surface area (Å²) in [6.45, 7) is 0. The van der Waals surface area contributed by atoms with Crippen molar-refractivity contribution in [2.75, 3.05) is 0 Å². The molecule has 0 fully saturated rings. The van der Waals surface area contributed by atoms with Crippen molar-refractivity contribution in [3.63, 3.8) is 0 Å². The van der Waals surface area contributed by atoms with E-state index in [-0.39, 0.29) is 11.6 Å². The van der Waals surface area contributed by atoms with Crippen LogP contribution < -0.4 is 11.3 Å². The maximum Gasteiger partial charge on any atom is 0.128 e. The molecular weight excluding hydrogens is 314 g/mol. The van der Waals surface area contributed by atoms with E-state index in [1.165, 1.54) is 18.2 Å². The molecule has 2 aromatic rings. The fraction of sp³-hybridized carbons (Fsp3) is 0.143. The molecule has 3 N–H and O–H groups in total. The molecule has 0 saturated carbocycles. The summed E-state index contributed by atoms with van der Waals surface area (Å²) in [5.41, 5.74) is 3.77. The highest BCUT2D eigenvalue weighted by atomic mass is 79.9. The molecule has 5 heteroatoms. The molecule has 0 spiro atoms. The molecule has 2 aromatic carbocycles. The molecule has 1 atom stereocenters. The number of rotatable bonds is 4. The van der Waals surface area contributed by atoms with Gasteiger partial charge >= 0.3 is 0 Å². The lowest BCUT2D eigenvalue weighted by atomic mass is 9.99. The van der Waals surface area contributed by atoms with Gasteiger partial charge in [-0.1, -0.05) is 34.1 Å². The van der Waals surface area contributed by atoms with Crippen LogP contribution in [-0.4, -0.2) is 0 Å². The van der Waals surface area contributed by atoms with Crippen LogP contribution in [0.15, 0.2) is 46.9 Å². The molecule has 0 aliphatic rings. The lowest BCUT2D eigenvalue weighted by molar-refractivity contribution is 0.509. The Morgan fingerprint density at radius 1 is 1.16 bits per heavy atom. The first-order chi connectivity index (χ1) is 9.10. The minimum absolute atomic E-state index is 0.332. The van der Waals surface area contributed by atoms with E-state index in [1.54, 1.807) is 24.3 Å². The fourth-order valence-corrected chi connectivity index (χ4v) is 2.49. The standard InChI is InChI=1S/C14H13BrF2N2/c15-10-5-9(6-11(16)8-10)7-14(19-18)12-3-1-2-4-13(12)17/h1-6,8,14,19H,7,18H2. The van der Waals surface area contributed by atoms with Crippen LogP contribution in [0.2, 0.25) is 0 Å². The van der Waals surface area contributed by atoms with Gasteiger partial charge in [0.05, 0.1) is 6.04 Å². The first-order valence-corrected chi connectivity index (χ1v) is 6.55. The van der Waals surface area contributed by atoms with Crippen LogP contribution in [0.1, 0.15) is 17.2 Å². The second-order valence-electron chi connectivity index (χ2n) is 4.22. The zero-order chi connectivity index (χ0) is 13.8. The molecule has 100 valence electrons. The first-order valence-electron chi connectivity index (χ1n) is 5.75. The molecule has 19 heavy (non-hydrogen) atoms. The molecular formula is C14H13BrF2N2. The van der Waals surface area contributed by atoms with E-state index < -0.39 is 6.04 Å². The third kappa shape index (κ3) is 3.59. The van der Waals surface area contributed by atoms with Crippen LogP contribution >= 0.6 is 15.9 Å². The van der Waals surface area contributed by atoms with Crippen molar-refractivity contribution in [3.8, 4) is 0 Å². The van der Waals surface area contributed by atoms with Gasteiger partial charge in [-0.05, 0) is 36.2 Å². The van der Waals surface area contributed by atoms with Crippen LogP contribution in [0.4, 0.5) is 8.78 Å². The van der Waals surface area contributed by atoms with Gasteiger partial charge in [-0.15, -0.1) is 0 Å². The van der Waals surface area contributed by atoms with Crippen molar-refractivity contribution in [2.24, 2.45) is 5.84 Å². The van der Waals surface area contributed by atoms with E-state index >= 15 is 0 Å². The van der Waals surface area contributed by atoms with E-state index in [4.69, 9.17) is 5.84 Å². The fourth-order valence-electron chi connectivity index (χ4n) is 1.98. The third-order valence-corrected chi connectivity index (χ3v) is 3.30. The van der Waals surface area contributed by atoms with Crippen molar-refractivity contribution >= 4 is 15.9 Å². The van der Waals surface area contributed by atoms with Crippen molar-refractivity contribution in [1.29, 1.82) is 0 Å². The molecule has 1 unspecified atom stereocenters. The SMILES string of the molecule is NNC(Cc1cc(F)cc(Br)c1)c1ccccc1F. The summed E-state index contributed by atoms with van der Waals surface area (Å²) in [7, 11) is 0. The zero-order valence-corrected chi connectivity index (χ0v) is 11.6. The summed E-state index contributed by atoms with van der Waals surface area (Å²) in [6, 6.07) is 10.6. The largest absolute Gasteiger partial charge is 0.271 e. The van der Waals surface area contributed by atoms with Gasteiger partial charge in [0.25, 0.3) is 0 Å². The predicted molar refractivity (Wildman–Crippen MR) is 74.3 cm³/mol. The van der Waals surface area contributed by atoms with Gasteiger partial charge in [0, 0.05) is 10.0 Å². The summed E-state index contributed by atoms with van der Waals surface area (Å²) in [6.07, 6.45) is 0.397. The molecule has 0 amide bonds. The average Bonchev–Trinajstić information content (AvgIpc) is 2.36. The summed E-state index contributed by atoms with van der Waals surface area (Å²) in [4.78, 5) is 0. The minimum Gasteiger partial charge on any atom is -0.271 e. The molecule has 0 saturated heterocycles. The van der Waals surface area contributed by atoms with Crippen molar-refractivity contribution < 1.29 is 8.78 Å². The number of hydrogen-bond acceptors (Lipinski definition) is 2. The predicted octanol–water partition coefficient (Wildman–Crippen LogP) is 3.47. The monoisotopic (exact) mass is 326 g/mol. The van der Waals surface area contributed by atoms with E-state index in [0.29, 0.717) is 16.5 Å². The van der Waals surface area contributed by atoms with Crippen LogP contribution in [0, 0.1) is 11.6 Å². The Labute approximate surface area is 118 Å². The van der Waals surface area contributed by atoms with E-state index in [2.05, 4.69) is 21.4 Å². The summed E-state index contributed by atoms with van der Waals surface area (Å²) < 4.78 is 27.7. The Bertz CT molecular complexity index is 555. The Morgan fingerprint density at radius 2 is 1.89 bits per heavy atom. The molecule has 0 aromatic heterocycles. The Kier molecular flexibility index (Phi) is 4.63. The zero-order valence-electron chi connectivity index (χ0n) is 10.0. The third-order valence-electron chi connectivity index (χ3n) is 2.84. The number of nitrogens with one attached hydrogen (secondary N) is 1. The lowest BCUT2D eigenvalue weighted by Gasteiger charge is -2.17. The number of nitrogens with two attached hydrogens (primary N) is 1. The highest BCUT2D eigenvalue weighted by molar-refractivity contribution is 9.10. The van der Waals surface area contributed by atoms with Gasteiger partial charge < -0.3 is 0 Å². The van der Waals surface area contributed by atoms with E-state index in [1.807, 2.05) is 0 Å². The molecule has 0 aliphatic heterocycles. The minimum atomic E-state index is -0.408.